The van der Waals surface area contributed by atoms with Crippen LogP contribution in [0, 0.1) is 0 Å². The number of carbonyl (C=O) groups is 2. The van der Waals surface area contributed by atoms with Gasteiger partial charge in [0, 0.05) is 19.5 Å². The molecule has 0 radical (unpaired) electrons. The zero-order valence-electron chi connectivity index (χ0n) is 17.2. The summed E-state index contributed by atoms with van der Waals surface area (Å²) in [6.45, 7) is 2.16. The molecule has 1 aromatic carbocycles. The summed E-state index contributed by atoms with van der Waals surface area (Å²) in [6.07, 6.45) is -0.199. The number of methoxy groups -OCH3 is 2. The molecule has 0 spiro atoms. The van der Waals surface area contributed by atoms with Crippen molar-refractivity contribution < 1.29 is 29.3 Å². The standard InChI is InChI=1S/C19H23N3O4.C2H4O2/c1-25-16-9-8-14(18(21-16)26-2)17(24)22-19(10-11-20-12-15(19)23)13-6-4-3-5-7-13;1-2(3)4/h3-9,15,20,23H,10-12H2,1-2H3,(H,22,24);1H3,(H,3,4)/t15-,19-;/m1./s1. The predicted molar refractivity (Wildman–Crippen MR) is 110 cm³/mol. The average Bonchev–Trinajstić information content (AvgIpc) is 2.75. The van der Waals surface area contributed by atoms with Crippen molar-refractivity contribution in [2.45, 2.75) is 25.0 Å². The molecule has 0 aliphatic carbocycles. The minimum atomic E-state index is -0.880. The Balaban J connectivity index is 0.000000735. The molecule has 1 aliphatic heterocycles. The van der Waals surface area contributed by atoms with Gasteiger partial charge in [0.05, 0.1) is 25.9 Å². The van der Waals surface area contributed by atoms with E-state index in [0.717, 1.165) is 12.5 Å². The summed E-state index contributed by atoms with van der Waals surface area (Å²) in [6, 6.07) is 12.7. The fraction of sp³-hybridized carbons (Fsp3) is 0.381. The van der Waals surface area contributed by atoms with Crippen LogP contribution in [0.4, 0.5) is 0 Å². The summed E-state index contributed by atoms with van der Waals surface area (Å²) in [5.41, 5.74) is 0.270. The summed E-state index contributed by atoms with van der Waals surface area (Å²) in [4.78, 5) is 26.2. The number of aliphatic hydroxyl groups is 1. The average molecular weight is 417 g/mol. The highest BCUT2D eigenvalue weighted by molar-refractivity contribution is 5.97. The maximum atomic E-state index is 13.0. The normalized spacial score (nSPS) is 20.3. The van der Waals surface area contributed by atoms with Crippen LogP contribution in [0.15, 0.2) is 42.5 Å². The van der Waals surface area contributed by atoms with Crippen LogP contribution in [-0.4, -0.2) is 60.5 Å². The summed E-state index contributed by atoms with van der Waals surface area (Å²) < 4.78 is 10.3. The van der Waals surface area contributed by atoms with E-state index in [1.54, 1.807) is 12.1 Å². The topological polar surface area (TPSA) is 130 Å². The molecule has 30 heavy (non-hydrogen) atoms. The van der Waals surface area contributed by atoms with Crippen LogP contribution in [0.1, 0.15) is 29.3 Å². The van der Waals surface area contributed by atoms with Crippen LogP contribution in [0.2, 0.25) is 0 Å². The van der Waals surface area contributed by atoms with E-state index in [0.29, 0.717) is 25.4 Å². The van der Waals surface area contributed by atoms with E-state index in [1.165, 1.54) is 14.2 Å². The lowest BCUT2D eigenvalue weighted by Crippen LogP contribution is -2.61. The van der Waals surface area contributed by atoms with E-state index < -0.39 is 17.6 Å². The van der Waals surface area contributed by atoms with Crippen molar-refractivity contribution in [2.24, 2.45) is 0 Å². The van der Waals surface area contributed by atoms with Gasteiger partial charge in [0.1, 0.15) is 5.56 Å². The van der Waals surface area contributed by atoms with Crippen molar-refractivity contribution >= 4 is 11.9 Å². The van der Waals surface area contributed by atoms with Crippen molar-refractivity contribution in [1.29, 1.82) is 0 Å². The Morgan fingerprint density at radius 3 is 2.40 bits per heavy atom. The summed E-state index contributed by atoms with van der Waals surface area (Å²) in [7, 11) is 2.95. The molecule has 9 heteroatoms. The second kappa shape index (κ2) is 10.6. The van der Waals surface area contributed by atoms with E-state index in [1.807, 2.05) is 30.3 Å². The number of pyridine rings is 1. The molecule has 162 valence electrons. The molecule has 4 N–H and O–H groups in total. The maximum Gasteiger partial charge on any atom is 0.300 e. The van der Waals surface area contributed by atoms with Crippen molar-refractivity contribution in [3.8, 4) is 11.8 Å². The summed E-state index contributed by atoms with van der Waals surface area (Å²) in [5, 5.41) is 24.3. The number of ether oxygens (including phenoxy) is 2. The van der Waals surface area contributed by atoms with E-state index in [4.69, 9.17) is 19.4 Å². The largest absolute Gasteiger partial charge is 0.481 e. The Labute approximate surface area is 175 Å². The molecule has 9 nitrogen and oxygen atoms in total. The lowest BCUT2D eigenvalue weighted by Gasteiger charge is -2.43. The molecule has 0 saturated carbocycles. The van der Waals surface area contributed by atoms with Gasteiger partial charge in [0.2, 0.25) is 11.8 Å². The fourth-order valence-electron chi connectivity index (χ4n) is 3.29. The molecular formula is C21H27N3O6. The van der Waals surface area contributed by atoms with Crippen LogP contribution in [0.3, 0.4) is 0 Å². The quantitative estimate of drug-likeness (QED) is 0.570. The number of aliphatic hydroxyl groups excluding tert-OH is 1. The first-order chi connectivity index (χ1) is 14.3. The van der Waals surface area contributed by atoms with Gasteiger partial charge >= 0.3 is 0 Å². The summed E-state index contributed by atoms with van der Waals surface area (Å²) >= 11 is 0. The number of aliphatic carboxylic acids is 1. The molecule has 2 aromatic rings. The Morgan fingerprint density at radius 1 is 1.17 bits per heavy atom. The first kappa shape index (κ1) is 23.1. The molecule has 1 aliphatic rings. The van der Waals surface area contributed by atoms with Gasteiger partial charge in [-0.05, 0) is 24.6 Å². The molecule has 2 atom stereocenters. The highest BCUT2D eigenvalue weighted by Gasteiger charge is 2.43. The first-order valence-electron chi connectivity index (χ1n) is 9.39. The van der Waals surface area contributed by atoms with Gasteiger partial charge in [0.25, 0.3) is 11.9 Å². The molecule has 0 unspecified atom stereocenters. The maximum absolute atomic E-state index is 13.0. The van der Waals surface area contributed by atoms with E-state index >= 15 is 0 Å². The molecule has 1 saturated heterocycles. The third-order valence-corrected chi connectivity index (χ3v) is 4.71. The first-order valence-corrected chi connectivity index (χ1v) is 9.39. The van der Waals surface area contributed by atoms with Gasteiger partial charge in [-0.3, -0.25) is 9.59 Å². The van der Waals surface area contributed by atoms with Gasteiger partial charge in [-0.15, -0.1) is 0 Å². The third kappa shape index (κ3) is 5.46. The number of nitrogens with zero attached hydrogens (tertiary/aromatic N) is 1. The molecule has 2 heterocycles. The lowest BCUT2D eigenvalue weighted by atomic mass is 9.79. The van der Waals surface area contributed by atoms with Crippen molar-refractivity contribution in [3.05, 3.63) is 53.6 Å². The number of hydrogen-bond donors (Lipinski definition) is 4. The smallest absolute Gasteiger partial charge is 0.300 e. The van der Waals surface area contributed by atoms with Gasteiger partial charge in [-0.1, -0.05) is 30.3 Å². The minimum Gasteiger partial charge on any atom is -0.481 e. The monoisotopic (exact) mass is 417 g/mol. The number of rotatable bonds is 5. The van der Waals surface area contributed by atoms with E-state index in [9.17, 15) is 9.90 Å². The number of nitrogens with one attached hydrogen (secondary N) is 2. The van der Waals surface area contributed by atoms with Gasteiger partial charge < -0.3 is 30.3 Å². The number of β-amino-alcohol motifs (C(OH)–C–C–N with tert-alkyl or cyclic N) is 1. The zero-order chi connectivity index (χ0) is 22.1. The zero-order valence-corrected chi connectivity index (χ0v) is 17.2. The van der Waals surface area contributed by atoms with Crippen LogP contribution in [-0.2, 0) is 10.3 Å². The number of benzene rings is 1. The number of piperidine rings is 1. The number of amides is 1. The molecule has 0 bridgehead atoms. The van der Waals surface area contributed by atoms with Crippen LogP contribution in [0.25, 0.3) is 0 Å². The van der Waals surface area contributed by atoms with Gasteiger partial charge in [0.15, 0.2) is 0 Å². The molecular weight excluding hydrogens is 390 g/mol. The molecule has 3 rings (SSSR count). The third-order valence-electron chi connectivity index (χ3n) is 4.71. The van der Waals surface area contributed by atoms with Gasteiger partial charge in [-0.25, -0.2) is 0 Å². The van der Waals surface area contributed by atoms with Crippen LogP contribution >= 0.6 is 0 Å². The molecule has 1 aromatic heterocycles. The van der Waals surface area contributed by atoms with E-state index in [-0.39, 0.29) is 17.4 Å². The number of carboxylic acids is 1. The van der Waals surface area contributed by atoms with Crippen molar-refractivity contribution in [1.82, 2.24) is 15.6 Å². The van der Waals surface area contributed by atoms with Crippen molar-refractivity contribution in [3.63, 3.8) is 0 Å². The summed E-state index contributed by atoms with van der Waals surface area (Å²) in [5.74, 6) is -0.659. The minimum absolute atomic E-state index is 0.175. The Hall–Kier alpha value is -3.17. The fourth-order valence-corrected chi connectivity index (χ4v) is 3.29. The Bertz CT molecular complexity index is 857. The van der Waals surface area contributed by atoms with Crippen molar-refractivity contribution in [2.75, 3.05) is 27.3 Å². The number of hydrogen-bond acceptors (Lipinski definition) is 7. The number of aromatic nitrogens is 1. The van der Waals surface area contributed by atoms with Crippen LogP contribution < -0.4 is 20.1 Å². The molecule has 1 fully saturated rings. The lowest BCUT2D eigenvalue weighted by molar-refractivity contribution is -0.134. The Morgan fingerprint density at radius 2 is 1.83 bits per heavy atom. The highest BCUT2D eigenvalue weighted by Crippen LogP contribution is 2.32. The number of carboxylic acid groups (broad SMARTS) is 1. The Kier molecular flexibility index (Phi) is 8.14. The second-order valence-electron chi connectivity index (χ2n) is 6.69. The second-order valence-corrected chi connectivity index (χ2v) is 6.69. The predicted octanol–water partition coefficient (Wildman–Crippen LogP) is 1.17. The van der Waals surface area contributed by atoms with Gasteiger partial charge in [-0.2, -0.15) is 4.98 Å². The molecule has 1 amide bonds. The highest BCUT2D eigenvalue weighted by atomic mass is 16.5. The SMILES string of the molecule is CC(=O)O.COc1ccc(C(=O)N[C@@]2(c3ccccc3)CCNC[C@H]2O)c(OC)n1. The van der Waals surface area contributed by atoms with Crippen LogP contribution in [0.5, 0.6) is 11.8 Å². The number of carbonyl (C=O) groups excluding carboxylic acids is 1. The van der Waals surface area contributed by atoms with E-state index in [2.05, 4.69) is 15.6 Å².